The first-order valence-corrected chi connectivity index (χ1v) is 15.6. The highest BCUT2D eigenvalue weighted by Gasteiger charge is 2.25. The van der Waals surface area contributed by atoms with Crippen molar-refractivity contribution in [2.45, 2.75) is 85.9 Å². The first-order valence-electron chi connectivity index (χ1n) is 15.6. The highest BCUT2D eigenvalue weighted by atomic mass is 19.2. The van der Waals surface area contributed by atoms with Gasteiger partial charge in [0.1, 0.15) is 18.6 Å². The van der Waals surface area contributed by atoms with E-state index >= 15 is 0 Å². The molecule has 0 aromatic heterocycles. The molecule has 3 aromatic rings. The van der Waals surface area contributed by atoms with E-state index in [9.17, 15) is 18.7 Å². The molecule has 4 rings (SSSR count). The number of aromatic hydroxyl groups is 1. The van der Waals surface area contributed by atoms with Gasteiger partial charge in [0.15, 0.2) is 0 Å². The maximum absolute atomic E-state index is 13.4. The number of hydrogen-bond donors (Lipinski definition) is 3. The van der Waals surface area contributed by atoms with Crippen molar-refractivity contribution in [2.75, 3.05) is 6.67 Å². The third kappa shape index (κ3) is 10.1. The molecule has 3 aromatic carbocycles. The molecule has 6 heteroatoms. The van der Waals surface area contributed by atoms with Crippen molar-refractivity contribution in [1.82, 2.24) is 10.6 Å². The summed E-state index contributed by atoms with van der Waals surface area (Å²) in [7, 11) is 0. The van der Waals surface area contributed by atoms with Gasteiger partial charge in [-0.3, -0.25) is 0 Å². The highest BCUT2D eigenvalue weighted by Crippen LogP contribution is 2.40. The second-order valence-electron chi connectivity index (χ2n) is 11.4. The number of halogens is 2. The molecule has 0 radical (unpaired) electrons. The molecule has 1 aliphatic rings. The Hall–Kier alpha value is -3.93. The quantitative estimate of drug-likeness (QED) is 0.216. The molecular weight excluding hydrogens is 554 g/mol. The summed E-state index contributed by atoms with van der Waals surface area (Å²) in [6.45, 7) is 21.6. The standard InChI is InChI=1S/C23H28F2O.C13H16N2O.C2H6/c1-14(2)23(17(5)21-9-7-20(26)11-16(21)4)22-8-6-18(10-15(22)3)12-19(25)13-24;1-3-10-4-6-11(7-5-10)8-12-9(2)14-13(16)15-12;1-2/h6-11,14,19,23,26H,5,12-13H2,1-4H3;4-7,12H,2-3,8H2,1H3,(H2,14,15,16);1-2H3. The van der Waals surface area contributed by atoms with E-state index in [1.54, 1.807) is 12.1 Å². The van der Waals surface area contributed by atoms with Crippen LogP contribution in [0.4, 0.5) is 13.6 Å². The zero-order valence-electron chi connectivity index (χ0n) is 27.4. The summed E-state index contributed by atoms with van der Waals surface area (Å²) in [6.07, 6.45) is 0.494. The second kappa shape index (κ2) is 17.4. The van der Waals surface area contributed by atoms with Crippen molar-refractivity contribution in [1.29, 1.82) is 0 Å². The SMILES string of the molecule is C=C(c1ccc(O)cc1C)C(c1ccc(CC(F)CF)cc1C)C(C)C.C=C1NC(=O)NC1Cc1ccc(CC)cc1.CC. The van der Waals surface area contributed by atoms with Gasteiger partial charge in [-0.05, 0) is 89.3 Å². The number of nitrogens with one attached hydrogen (secondary N) is 2. The fraction of sp³-hybridized carbons (Fsp3) is 0.395. The number of amides is 2. The van der Waals surface area contributed by atoms with E-state index in [-0.39, 0.29) is 30.2 Å². The molecule has 0 bridgehead atoms. The van der Waals surface area contributed by atoms with E-state index in [2.05, 4.69) is 68.8 Å². The molecule has 0 aliphatic carbocycles. The Balaban J connectivity index is 0.000000320. The van der Waals surface area contributed by atoms with Crippen molar-refractivity contribution in [3.05, 3.63) is 118 Å². The lowest BCUT2D eigenvalue weighted by atomic mass is 9.77. The van der Waals surface area contributed by atoms with Crippen LogP contribution in [0.1, 0.15) is 79.5 Å². The van der Waals surface area contributed by atoms with E-state index in [1.165, 1.54) is 11.1 Å². The zero-order chi connectivity index (χ0) is 33.0. The maximum atomic E-state index is 13.4. The van der Waals surface area contributed by atoms with Gasteiger partial charge in [-0.25, -0.2) is 13.6 Å². The Morgan fingerprint density at radius 2 is 1.57 bits per heavy atom. The van der Waals surface area contributed by atoms with Gasteiger partial charge in [-0.15, -0.1) is 0 Å². The Bertz CT molecular complexity index is 1400. The molecule has 1 saturated heterocycles. The number of phenolic OH excluding ortho intramolecular Hbond substituents is 1. The third-order valence-electron chi connectivity index (χ3n) is 7.76. The Morgan fingerprint density at radius 3 is 2.07 bits per heavy atom. The van der Waals surface area contributed by atoms with E-state index in [4.69, 9.17) is 0 Å². The summed E-state index contributed by atoms with van der Waals surface area (Å²) in [5, 5.41) is 15.2. The topological polar surface area (TPSA) is 61.4 Å². The molecule has 3 N–H and O–H groups in total. The van der Waals surface area contributed by atoms with Gasteiger partial charge in [-0.1, -0.05) is 96.3 Å². The molecule has 44 heavy (non-hydrogen) atoms. The fourth-order valence-electron chi connectivity index (χ4n) is 5.48. The average Bonchev–Trinajstić information content (AvgIpc) is 3.31. The largest absolute Gasteiger partial charge is 0.508 e. The molecule has 0 saturated carbocycles. The summed E-state index contributed by atoms with van der Waals surface area (Å²) < 4.78 is 25.8. The zero-order valence-corrected chi connectivity index (χ0v) is 27.4. The maximum Gasteiger partial charge on any atom is 0.319 e. The number of phenols is 1. The minimum Gasteiger partial charge on any atom is -0.508 e. The molecule has 1 heterocycles. The minimum atomic E-state index is -1.45. The summed E-state index contributed by atoms with van der Waals surface area (Å²) in [4.78, 5) is 11.1. The summed E-state index contributed by atoms with van der Waals surface area (Å²) >= 11 is 0. The van der Waals surface area contributed by atoms with Crippen LogP contribution in [0.25, 0.3) is 5.57 Å². The number of carbonyl (C=O) groups excluding carboxylic acids is 1. The number of benzene rings is 3. The van der Waals surface area contributed by atoms with Gasteiger partial charge in [-0.2, -0.15) is 0 Å². The smallest absolute Gasteiger partial charge is 0.319 e. The molecule has 0 spiro atoms. The van der Waals surface area contributed by atoms with E-state index in [1.807, 2.05) is 52.0 Å². The van der Waals surface area contributed by atoms with Gasteiger partial charge in [0.2, 0.25) is 0 Å². The second-order valence-corrected chi connectivity index (χ2v) is 11.4. The summed E-state index contributed by atoms with van der Waals surface area (Å²) in [5.74, 6) is 0.670. The number of aryl methyl sites for hydroxylation is 3. The Kier molecular flexibility index (Phi) is 14.3. The van der Waals surface area contributed by atoms with Crippen LogP contribution in [0.2, 0.25) is 0 Å². The number of rotatable bonds is 10. The molecule has 3 unspecified atom stereocenters. The van der Waals surface area contributed by atoms with Crippen molar-refractivity contribution >= 4 is 11.6 Å². The molecular formula is C38H50F2N2O2. The Morgan fingerprint density at radius 1 is 0.955 bits per heavy atom. The van der Waals surface area contributed by atoms with Gasteiger partial charge in [0.05, 0.1) is 6.04 Å². The van der Waals surface area contributed by atoms with Crippen LogP contribution in [0.15, 0.2) is 79.5 Å². The van der Waals surface area contributed by atoms with Crippen molar-refractivity contribution in [3.63, 3.8) is 0 Å². The van der Waals surface area contributed by atoms with Gasteiger partial charge in [0, 0.05) is 18.0 Å². The molecule has 238 valence electrons. The highest BCUT2D eigenvalue weighted by molar-refractivity contribution is 5.80. The van der Waals surface area contributed by atoms with E-state index in [0.29, 0.717) is 5.92 Å². The van der Waals surface area contributed by atoms with Gasteiger partial charge in [0.25, 0.3) is 0 Å². The van der Waals surface area contributed by atoms with Crippen LogP contribution >= 0.6 is 0 Å². The number of hydrogen-bond acceptors (Lipinski definition) is 2. The van der Waals surface area contributed by atoms with Crippen LogP contribution in [-0.4, -0.2) is 30.0 Å². The fourth-order valence-corrected chi connectivity index (χ4v) is 5.48. The molecule has 4 nitrogen and oxygen atoms in total. The normalized spacial score (nSPS) is 15.3. The van der Waals surface area contributed by atoms with E-state index < -0.39 is 12.8 Å². The molecule has 2 amide bonds. The van der Waals surface area contributed by atoms with Crippen LogP contribution in [-0.2, 0) is 19.3 Å². The molecule has 3 atom stereocenters. The predicted molar refractivity (Wildman–Crippen MR) is 181 cm³/mol. The lowest BCUT2D eigenvalue weighted by Gasteiger charge is -2.27. The van der Waals surface area contributed by atoms with Crippen LogP contribution in [0.5, 0.6) is 5.75 Å². The summed E-state index contributed by atoms with van der Waals surface area (Å²) in [6, 6.07) is 19.5. The van der Waals surface area contributed by atoms with Crippen LogP contribution < -0.4 is 10.6 Å². The molecule has 1 fully saturated rings. The van der Waals surface area contributed by atoms with Crippen molar-refractivity contribution < 1.29 is 18.7 Å². The van der Waals surface area contributed by atoms with Crippen molar-refractivity contribution in [3.8, 4) is 5.75 Å². The van der Waals surface area contributed by atoms with Crippen LogP contribution in [0.3, 0.4) is 0 Å². The minimum absolute atomic E-state index is 0.0139. The van der Waals surface area contributed by atoms with Gasteiger partial charge >= 0.3 is 6.03 Å². The predicted octanol–water partition coefficient (Wildman–Crippen LogP) is 9.32. The van der Waals surface area contributed by atoms with Crippen LogP contribution in [0, 0.1) is 19.8 Å². The monoisotopic (exact) mass is 604 g/mol. The lowest BCUT2D eigenvalue weighted by Crippen LogP contribution is -2.27. The third-order valence-corrected chi connectivity index (χ3v) is 7.76. The number of urea groups is 1. The van der Waals surface area contributed by atoms with E-state index in [0.717, 1.165) is 51.9 Å². The molecule has 1 aliphatic heterocycles. The first kappa shape index (κ1) is 36.3. The number of alkyl halides is 2. The lowest BCUT2D eigenvalue weighted by molar-refractivity contribution is 0.247. The Labute approximate surface area is 263 Å². The van der Waals surface area contributed by atoms with Gasteiger partial charge < -0.3 is 15.7 Å². The van der Waals surface area contributed by atoms with Crippen molar-refractivity contribution in [2.24, 2.45) is 5.92 Å². The average molecular weight is 605 g/mol. The number of carbonyl (C=O) groups is 1. The first-order chi connectivity index (χ1) is 20.9. The summed E-state index contributed by atoms with van der Waals surface area (Å²) in [5.41, 5.74) is 9.34. The number of allylic oxidation sites excluding steroid dienone is 1.